The lowest BCUT2D eigenvalue weighted by Gasteiger charge is -2.25. The third-order valence-corrected chi connectivity index (χ3v) is 3.09. The molecule has 1 saturated heterocycles. The van der Waals surface area contributed by atoms with Gasteiger partial charge in [0.25, 0.3) is 0 Å². The Labute approximate surface area is 104 Å². The van der Waals surface area contributed by atoms with Crippen LogP contribution in [0.5, 0.6) is 0 Å². The van der Waals surface area contributed by atoms with Crippen molar-refractivity contribution in [3.8, 4) is 5.82 Å². The van der Waals surface area contributed by atoms with Crippen LogP contribution in [0.4, 0.5) is 5.82 Å². The van der Waals surface area contributed by atoms with Crippen molar-refractivity contribution in [3.63, 3.8) is 0 Å². The lowest BCUT2D eigenvalue weighted by molar-refractivity contribution is 0.218. The van der Waals surface area contributed by atoms with Crippen LogP contribution in [-0.4, -0.2) is 43.3 Å². The van der Waals surface area contributed by atoms with E-state index in [1.165, 1.54) is 23.9 Å². The third-order valence-electron chi connectivity index (χ3n) is 3.09. The Hall–Kier alpha value is -1.96. The SMILES string of the molecule is Nc1nonc1-n1cc(CN2CCCCC2)nn1. The number of nitrogens with two attached hydrogens (primary N) is 1. The molecule has 0 atom stereocenters. The molecule has 0 bridgehead atoms. The van der Waals surface area contributed by atoms with Gasteiger partial charge in [-0.3, -0.25) is 4.90 Å². The maximum absolute atomic E-state index is 5.60. The van der Waals surface area contributed by atoms with Gasteiger partial charge in [-0.25, -0.2) is 4.63 Å². The van der Waals surface area contributed by atoms with Crippen molar-refractivity contribution >= 4 is 5.82 Å². The molecule has 1 aliphatic heterocycles. The smallest absolute Gasteiger partial charge is 0.243 e. The van der Waals surface area contributed by atoms with Gasteiger partial charge in [-0.15, -0.1) is 5.10 Å². The molecular weight excluding hydrogens is 234 g/mol. The molecule has 0 spiro atoms. The number of rotatable bonds is 3. The molecule has 0 aliphatic carbocycles. The van der Waals surface area contributed by atoms with Crippen LogP contribution < -0.4 is 5.73 Å². The molecule has 8 heteroatoms. The average Bonchev–Trinajstić information content (AvgIpc) is 2.99. The Morgan fingerprint density at radius 3 is 2.78 bits per heavy atom. The number of piperidine rings is 1. The Bertz CT molecular complexity index is 514. The summed E-state index contributed by atoms with van der Waals surface area (Å²) in [4.78, 5) is 2.38. The predicted octanol–water partition coefficient (Wildman–Crippen LogP) is 0.218. The zero-order valence-electron chi connectivity index (χ0n) is 9.99. The molecule has 1 aliphatic rings. The van der Waals surface area contributed by atoms with E-state index >= 15 is 0 Å². The van der Waals surface area contributed by atoms with E-state index < -0.39 is 0 Å². The van der Waals surface area contributed by atoms with Crippen molar-refractivity contribution in [2.45, 2.75) is 25.8 Å². The van der Waals surface area contributed by atoms with Crippen LogP contribution in [0.1, 0.15) is 25.0 Å². The number of nitrogens with zero attached hydrogens (tertiary/aromatic N) is 6. The minimum atomic E-state index is 0.212. The third kappa shape index (κ3) is 2.19. The summed E-state index contributed by atoms with van der Waals surface area (Å²) in [6, 6.07) is 0. The normalized spacial score (nSPS) is 17.1. The van der Waals surface area contributed by atoms with E-state index in [1.54, 1.807) is 0 Å². The van der Waals surface area contributed by atoms with E-state index in [-0.39, 0.29) is 5.82 Å². The van der Waals surface area contributed by atoms with Crippen molar-refractivity contribution in [2.24, 2.45) is 0 Å². The molecule has 3 heterocycles. The molecule has 2 aromatic rings. The summed E-state index contributed by atoms with van der Waals surface area (Å²) in [6.45, 7) is 3.06. The van der Waals surface area contributed by atoms with Crippen molar-refractivity contribution < 1.29 is 4.63 Å². The van der Waals surface area contributed by atoms with Gasteiger partial charge in [0.2, 0.25) is 11.6 Å². The van der Waals surface area contributed by atoms with Gasteiger partial charge in [0.05, 0.1) is 11.9 Å². The summed E-state index contributed by atoms with van der Waals surface area (Å²) in [5, 5.41) is 15.3. The number of anilines is 1. The molecule has 1 fully saturated rings. The van der Waals surface area contributed by atoms with Crippen LogP contribution in [0.2, 0.25) is 0 Å². The highest BCUT2D eigenvalue weighted by Crippen LogP contribution is 2.13. The van der Waals surface area contributed by atoms with Crippen LogP contribution in [-0.2, 0) is 6.54 Å². The monoisotopic (exact) mass is 249 g/mol. The van der Waals surface area contributed by atoms with Gasteiger partial charge in [0, 0.05) is 6.54 Å². The first-order chi connectivity index (χ1) is 8.83. The summed E-state index contributed by atoms with van der Waals surface area (Å²) in [5.41, 5.74) is 6.50. The van der Waals surface area contributed by atoms with Gasteiger partial charge >= 0.3 is 0 Å². The Balaban J connectivity index is 1.71. The van der Waals surface area contributed by atoms with E-state index in [9.17, 15) is 0 Å². The summed E-state index contributed by atoms with van der Waals surface area (Å²) in [6.07, 6.45) is 5.65. The molecule has 96 valence electrons. The molecule has 2 N–H and O–H groups in total. The maximum Gasteiger partial charge on any atom is 0.243 e. The van der Waals surface area contributed by atoms with Crippen LogP contribution in [0.25, 0.3) is 5.82 Å². The minimum absolute atomic E-state index is 0.212. The average molecular weight is 249 g/mol. The number of nitrogen functional groups attached to an aromatic ring is 1. The summed E-state index contributed by atoms with van der Waals surface area (Å²) in [7, 11) is 0. The Morgan fingerprint density at radius 2 is 2.06 bits per heavy atom. The van der Waals surface area contributed by atoms with E-state index in [1.807, 2.05) is 6.20 Å². The zero-order chi connectivity index (χ0) is 12.4. The molecule has 18 heavy (non-hydrogen) atoms. The van der Waals surface area contributed by atoms with E-state index in [0.717, 1.165) is 25.3 Å². The molecular formula is C10H15N7O. The first kappa shape index (κ1) is 11.1. The Kier molecular flexibility index (Phi) is 2.93. The molecule has 2 aromatic heterocycles. The van der Waals surface area contributed by atoms with Crippen LogP contribution >= 0.6 is 0 Å². The molecule has 0 radical (unpaired) electrons. The second-order valence-corrected chi connectivity index (χ2v) is 4.46. The minimum Gasteiger partial charge on any atom is -0.378 e. The second kappa shape index (κ2) is 4.73. The fourth-order valence-electron chi connectivity index (χ4n) is 2.17. The maximum atomic E-state index is 5.60. The molecule has 8 nitrogen and oxygen atoms in total. The number of likely N-dealkylation sites (tertiary alicyclic amines) is 1. The van der Waals surface area contributed by atoms with E-state index in [4.69, 9.17) is 5.73 Å². The molecule has 0 aromatic carbocycles. The van der Waals surface area contributed by atoms with Crippen molar-refractivity contribution in [1.29, 1.82) is 0 Å². The molecule has 0 saturated carbocycles. The molecule has 3 rings (SSSR count). The van der Waals surface area contributed by atoms with Crippen LogP contribution in [0.3, 0.4) is 0 Å². The highest BCUT2D eigenvalue weighted by molar-refractivity contribution is 5.43. The molecule has 0 unspecified atom stereocenters. The van der Waals surface area contributed by atoms with E-state index in [0.29, 0.717) is 5.82 Å². The van der Waals surface area contributed by atoms with Gasteiger partial charge in [0.15, 0.2) is 0 Å². The van der Waals surface area contributed by atoms with Crippen LogP contribution in [0, 0.1) is 0 Å². The summed E-state index contributed by atoms with van der Waals surface area (Å²) < 4.78 is 6.03. The van der Waals surface area contributed by atoms with Gasteiger partial charge in [0.1, 0.15) is 0 Å². The van der Waals surface area contributed by atoms with Gasteiger partial charge < -0.3 is 5.73 Å². The second-order valence-electron chi connectivity index (χ2n) is 4.46. The standard InChI is InChI=1S/C10H15N7O/c11-9-10(14-18-13-9)17-7-8(12-15-17)6-16-4-2-1-3-5-16/h7H,1-6H2,(H2,11,13). The van der Waals surface area contributed by atoms with Gasteiger partial charge in [-0.05, 0) is 36.2 Å². The zero-order valence-corrected chi connectivity index (χ0v) is 9.99. The predicted molar refractivity (Wildman–Crippen MR) is 62.8 cm³/mol. The summed E-state index contributed by atoms with van der Waals surface area (Å²) >= 11 is 0. The largest absolute Gasteiger partial charge is 0.378 e. The highest BCUT2D eigenvalue weighted by atomic mass is 16.6. The first-order valence-corrected chi connectivity index (χ1v) is 6.05. The van der Waals surface area contributed by atoms with Gasteiger partial charge in [-0.1, -0.05) is 11.6 Å². The number of hydrogen-bond acceptors (Lipinski definition) is 7. The lowest BCUT2D eigenvalue weighted by atomic mass is 10.1. The van der Waals surface area contributed by atoms with Crippen molar-refractivity contribution in [3.05, 3.63) is 11.9 Å². The fraction of sp³-hybridized carbons (Fsp3) is 0.600. The first-order valence-electron chi connectivity index (χ1n) is 6.05. The van der Waals surface area contributed by atoms with Crippen molar-refractivity contribution in [2.75, 3.05) is 18.8 Å². The number of hydrogen-bond donors (Lipinski definition) is 1. The number of aromatic nitrogens is 5. The Morgan fingerprint density at radius 1 is 1.22 bits per heavy atom. The lowest BCUT2D eigenvalue weighted by Crippen LogP contribution is -2.29. The fourth-order valence-corrected chi connectivity index (χ4v) is 2.17. The van der Waals surface area contributed by atoms with E-state index in [2.05, 4.69) is 30.2 Å². The van der Waals surface area contributed by atoms with Crippen molar-refractivity contribution in [1.82, 2.24) is 30.2 Å². The summed E-state index contributed by atoms with van der Waals surface area (Å²) in [5.74, 6) is 0.594. The van der Waals surface area contributed by atoms with Crippen LogP contribution in [0.15, 0.2) is 10.8 Å². The van der Waals surface area contributed by atoms with Gasteiger partial charge in [-0.2, -0.15) is 4.68 Å². The topological polar surface area (TPSA) is 98.9 Å². The highest BCUT2D eigenvalue weighted by Gasteiger charge is 2.15. The molecule has 0 amide bonds. The quantitative estimate of drug-likeness (QED) is 0.830.